The molecule has 0 unspecified atom stereocenters. The van der Waals surface area contributed by atoms with Crippen molar-refractivity contribution in [2.75, 3.05) is 9.80 Å². The lowest BCUT2D eigenvalue weighted by molar-refractivity contribution is 0.591. The van der Waals surface area contributed by atoms with Gasteiger partial charge in [-0.15, -0.1) is 0 Å². The second-order valence-electron chi connectivity index (χ2n) is 11.3. The van der Waals surface area contributed by atoms with Crippen molar-refractivity contribution in [1.29, 1.82) is 0 Å². The van der Waals surface area contributed by atoms with Crippen LogP contribution in [-0.4, -0.2) is 15.0 Å². The first-order valence-electron chi connectivity index (χ1n) is 15.5. The fourth-order valence-electron chi connectivity index (χ4n) is 6.18. The fourth-order valence-corrected chi connectivity index (χ4v) is 10.7. The standard InChI is InChI=1S/C39H26N5OPS2/c45-46(27-15-3-1-4-16-27,28-17-5-2-6-18-28)39-41-37(43-29-19-7-11-23-33(29)47-34-24-12-8-20-30(34)43)40-38(42-39)44-31-21-9-13-25-35(31)48-36-26-14-10-22-32(36)44/h1-26H. The Kier molecular flexibility index (Phi) is 7.16. The first-order chi connectivity index (χ1) is 23.7. The summed E-state index contributed by atoms with van der Waals surface area (Å²) >= 11 is 3.43. The molecule has 0 saturated heterocycles. The van der Waals surface area contributed by atoms with Crippen LogP contribution in [-0.2, 0) is 4.57 Å². The Morgan fingerprint density at radius 1 is 0.396 bits per heavy atom. The zero-order valence-electron chi connectivity index (χ0n) is 25.4. The number of benzene rings is 6. The van der Waals surface area contributed by atoms with E-state index in [0.717, 1.165) is 42.3 Å². The van der Waals surface area contributed by atoms with Gasteiger partial charge in [0.2, 0.25) is 24.6 Å². The van der Waals surface area contributed by atoms with Crippen molar-refractivity contribution in [2.24, 2.45) is 0 Å². The van der Waals surface area contributed by atoms with Crippen LogP contribution in [0.5, 0.6) is 0 Å². The normalized spacial score (nSPS) is 13.2. The topological polar surface area (TPSA) is 62.2 Å². The Morgan fingerprint density at radius 3 is 1.06 bits per heavy atom. The van der Waals surface area contributed by atoms with Gasteiger partial charge in [0.05, 0.1) is 22.7 Å². The van der Waals surface area contributed by atoms with Gasteiger partial charge >= 0.3 is 0 Å². The molecule has 0 saturated carbocycles. The molecule has 6 aromatic carbocycles. The van der Waals surface area contributed by atoms with Gasteiger partial charge < -0.3 is 4.57 Å². The Bertz CT molecular complexity index is 2120. The van der Waals surface area contributed by atoms with Crippen LogP contribution in [0.4, 0.5) is 34.6 Å². The third kappa shape index (κ3) is 4.75. The molecular weight excluding hydrogens is 650 g/mol. The molecule has 9 heteroatoms. The van der Waals surface area contributed by atoms with Crippen molar-refractivity contribution in [1.82, 2.24) is 15.0 Å². The molecule has 9 rings (SSSR count). The van der Waals surface area contributed by atoms with E-state index in [-0.39, 0.29) is 5.57 Å². The van der Waals surface area contributed by atoms with Crippen LogP contribution in [0.3, 0.4) is 0 Å². The zero-order chi connectivity index (χ0) is 32.1. The average molecular weight is 676 g/mol. The van der Waals surface area contributed by atoms with E-state index in [4.69, 9.17) is 15.0 Å². The van der Waals surface area contributed by atoms with Crippen LogP contribution in [0.1, 0.15) is 0 Å². The third-order valence-corrected chi connectivity index (χ3v) is 13.5. The van der Waals surface area contributed by atoms with Crippen LogP contribution in [0, 0.1) is 0 Å². The van der Waals surface area contributed by atoms with E-state index >= 15 is 4.57 Å². The van der Waals surface area contributed by atoms with Gasteiger partial charge in [-0.3, -0.25) is 9.80 Å². The lowest BCUT2D eigenvalue weighted by Crippen LogP contribution is -2.33. The van der Waals surface area contributed by atoms with E-state index in [1.165, 1.54) is 0 Å². The fraction of sp³-hybridized carbons (Fsp3) is 0. The van der Waals surface area contributed by atoms with E-state index in [1.807, 2.05) is 109 Å². The average Bonchev–Trinajstić information content (AvgIpc) is 3.16. The Morgan fingerprint density at radius 2 is 0.708 bits per heavy atom. The molecular formula is C39H26N5OPS2. The molecule has 0 amide bonds. The second-order valence-corrected chi connectivity index (χ2v) is 16.1. The molecule has 1 aromatic heterocycles. The van der Waals surface area contributed by atoms with Crippen LogP contribution in [0.25, 0.3) is 0 Å². The summed E-state index contributed by atoms with van der Waals surface area (Å²) in [4.78, 5) is 24.1. The predicted molar refractivity (Wildman–Crippen MR) is 197 cm³/mol. The molecule has 7 aromatic rings. The summed E-state index contributed by atoms with van der Waals surface area (Å²) in [6.45, 7) is 0. The number of fused-ring (bicyclic) bond motifs is 4. The molecule has 3 heterocycles. The monoisotopic (exact) mass is 675 g/mol. The van der Waals surface area contributed by atoms with Crippen molar-refractivity contribution in [2.45, 2.75) is 19.6 Å². The van der Waals surface area contributed by atoms with E-state index < -0.39 is 7.14 Å². The lowest BCUT2D eigenvalue weighted by atomic mass is 10.2. The number of nitrogens with zero attached hydrogens (tertiary/aromatic N) is 5. The van der Waals surface area contributed by atoms with Gasteiger partial charge in [0.25, 0.3) is 0 Å². The van der Waals surface area contributed by atoms with Crippen molar-refractivity contribution < 1.29 is 4.57 Å². The maximum atomic E-state index is 15.9. The minimum Gasteiger partial charge on any atom is -0.305 e. The zero-order valence-corrected chi connectivity index (χ0v) is 27.9. The Balaban J connectivity index is 1.37. The highest BCUT2D eigenvalue weighted by Crippen LogP contribution is 2.53. The summed E-state index contributed by atoms with van der Waals surface area (Å²) in [6.07, 6.45) is 0. The smallest absolute Gasteiger partial charge is 0.240 e. The lowest BCUT2D eigenvalue weighted by Gasteiger charge is -2.34. The number of rotatable bonds is 5. The molecule has 2 aliphatic rings. The van der Waals surface area contributed by atoms with Crippen molar-refractivity contribution in [3.8, 4) is 0 Å². The van der Waals surface area contributed by atoms with Gasteiger partial charge in [-0.1, -0.05) is 133 Å². The molecule has 2 aliphatic heterocycles. The molecule has 48 heavy (non-hydrogen) atoms. The number of para-hydroxylation sites is 4. The Hall–Kier alpha value is -5.14. The van der Waals surface area contributed by atoms with Gasteiger partial charge in [-0.25, -0.2) is 0 Å². The molecule has 0 N–H and O–H groups in total. The minimum atomic E-state index is -3.60. The van der Waals surface area contributed by atoms with Crippen LogP contribution >= 0.6 is 30.7 Å². The van der Waals surface area contributed by atoms with Gasteiger partial charge in [-0.2, -0.15) is 15.0 Å². The molecule has 0 radical (unpaired) electrons. The summed E-state index contributed by atoms with van der Waals surface area (Å²) in [6, 6.07) is 52.2. The molecule has 6 nitrogen and oxygen atoms in total. The summed E-state index contributed by atoms with van der Waals surface area (Å²) in [5, 5.41) is 1.31. The molecule has 0 bridgehead atoms. The summed E-state index contributed by atoms with van der Waals surface area (Å²) < 4.78 is 15.9. The van der Waals surface area contributed by atoms with E-state index in [1.54, 1.807) is 23.5 Å². The Labute approximate surface area is 286 Å². The van der Waals surface area contributed by atoms with Crippen molar-refractivity contribution in [3.05, 3.63) is 158 Å². The molecule has 0 fully saturated rings. The first kappa shape index (κ1) is 29.0. The number of aromatic nitrogens is 3. The number of hydrogen-bond acceptors (Lipinski definition) is 8. The van der Waals surface area contributed by atoms with Crippen LogP contribution in [0.15, 0.2) is 177 Å². The van der Waals surface area contributed by atoms with Crippen LogP contribution in [0.2, 0.25) is 0 Å². The molecule has 0 spiro atoms. The minimum absolute atomic E-state index is 0.223. The third-order valence-electron chi connectivity index (χ3n) is 8.39. The van der Waals surface area contributed by atoms with E-state index in [9.17, 15) is 0 Å². The highest BCUT2D eigenvalue weighted by molar-refractivity contribution is 8.00. The highest BCUT2D eigenvalue weighted by atomic mass is 32.2. The molecule has 0 atom stereocenters. The quantitative estimate of drug-likeness (QED) is 0.167. The maximum absolute atomic E-state index is 15.9. The van der Waals surface area contributed by atoms with E-state index in [0.29, 0.717) is 22.5 Å². The van der Waals surface area contributed by atoms with Crippen molar-refractivity contribution >= 4 is 81.5 Å². The number of anilines is 6. The van der Waals surface area contributed by atoms with Gasteiger partial charge in [0.1, 0.15) is 0 Å². The first-order valence-corrected chi connectivity index (χ1v) is 18.8. The molecule has 0 aliphatic carbocycles. The number of hydrogen-bond donors (Lipinski definition) is 0. The maximum Gasteiger partial charge on any atom is 0.240 e. The summed E-state index contributed by atoms with van der Waals surface area (Å²) in [5.74, 6) is 0.797. The predicted octanol–water partition coefficient (Wildman–Crippen LogP) is 9.38. The summed E-state index contributed by atoms with van der Waals surface area (Å²) in [5.41, 5.74) is 4.03. The summed E-state index contributed by atoms with van der Waals surface area (Å²) in [7, 11) is -3.60. The van der Waals surface area contributed by atoms with Crippen molar-refractivity contribution in [3.63, 3.8) is 0 Å². The van der Waals surface area contributed by atoms with Crippen LogP contribution < -0.4 is 26.0 Å². The van der Waals surface area contributed by atoms with E-state index in [2.05, 4.69) is 58.3 Å². The highest BCUT2D eigenvalue weighted by Gasteiger charge is 2.37. The van der Waals surface area contributed by atoms with Gasteiger partial charge in [-0.05, 0) is 48.5 Å². The SMILES string of the molecule is O=P(c1ccccc1)(c1ccccc1)c1nc(N2c3ccccc3Sc3ccccc32)nc(N2c3ccccc3Sc3ccccc32)n1. The van der Waals surface area contributed by atoms with Gasteiger partial charge in [0.15, 0.2) is 0 Å². The molecule has 230 valence electrons. The second kappa shape index (κ2) is 11.8. The van der Waals surface area contributed by atoms with Gasteiger partial charge in [0, 0.05) is 30.2 Å². The largest absolute Gasteiger partial charge is 0.305 e.